The van der Waals surface area contributed by atoms with Gasteiger partial charge in [-0.15, -0.1) is 0 Å². The Labute approximate surface area is 153 Å². The second-order valence-electron chi connectivity index (χ2n) is 8.88. The fourth-order valence-electron chi connectivity index (χ4n) is 7.41. The van der Waals surface area contributed by atoms with E-state index in [1.165, 1.54) is 11.1 Å². The molecule has 1 aromatic rings. The molecule has 0 amide bonds. The van der Waals surface area contributed by atoms with Gasteiger partial charge in [0.05, 0.1) is 5.41 Å². The van der Waals surface area contributed by atoms with Crippen LogP contribution in [0.2, 0.25) is 0 Å². The number of likely N-dealkylation sites (tertiary alicyclic amines) is 1. The number of benzene rings is 1. The van der Waals surface area contributed by atoms with Crippen molar-refractivity contribution in [3.05, 3.63) is 35.4 Å². The summed E-state index contributed by atoms with van der Waals surface area (Å²) < 4.78 is 12.7. The van der Waals surface area contributed by atoms with E-state index in [4.69, 9.17) is 9.47 Å². The Hall–Kier alpha value is -1.56. The number of ether oxygens (including phenoxy) is 2. The maximum atomic E-state index is 10.6. The fourth-order valence-corrected chi connectivity index (χ4v) is 7.41. The zero-order valence-electron chi connectivity index (χ0n) is 15.2. The van der Waals surface area contributed by atoms with Gasteiger partial charge in [-0.3, -0.25) is 0 Å². The Kier molecular flexibility index (Phi) is 2.66. The van der Waals surface area contributed by atoms with Crippen LogP contribution in [-0.4, -0.2) is 60.2 Å². The van der Waals surface area contributed by atoms with Gasteiger partial charge < -0.3 is 24.6 Å². The number of hydrogen-bond acceptors (Lipinski definition) is 5. The number of hydrogen-bond donors (Lipinski definition) is 2. The summed E-state index contributed by atoms with van der Waals surface area (Å²) in [6.45, 7) is 1.10. The van der Waals surface area contributed by atoms with E-state index >= 15 is 0 Å². The first-order valence-corrected chi connectivity index (χ1v) is 9.63. The van der Waals surface area contributed by atoms with Crippen LogP contribution in [0, 0.1) is 11.3 Å². The minimum Gasteiger partial charge on any atom is -0.504 e. The molecule has 5 nitrogen and oxygen atoms in total. The Morgan fingerprint density at radius 2 is 2.19 bits per heavy atom. The van der Waals surface area contributed by atoms with E-state index in [1.54, 1.807) is 13.2 Å². The van der Waals surface area contributed by atoms with E-state index in [2.05, 4.69) is 30.2 Å². The normalized spacial score (nSPS) is 47.0. The number of methoxy groups -OCH3 is 1. The molecule has 6 atom stereocenters. The van der Waals surface area contributed by atoms with E-state index in [9.17, 15) is 10.2 Å². The number of aromatic hydroxyl groups is 1. The standard InChI is InChI=1S/C21H25NO4/c1-22-8-7-20-16-12-3-4-14(24)17(16)26-18(20)21(25-2)6-5-19(20,15(22)9-12)10-13(21)11-23/h3-6,13,15,18,23-24H,7-11H2,1-2H3/t13-,15+,18+,19+,20-,21-/m0/s1. The van der Waals surface area contributed by atoms with Gasteiger partial charge in [0.25, 0.3) is 0 Å². The molecule has 4 bridgehead atoms. The molecule has 26 heavy (non-hydrogen) atoms. The molecular weight excluding hydrogens is 330 g/mol. The molecule has 138 valence electrons. The third kappa shape index (κ3) is 1.29. The summed E-state index contributed by atoms with van der Waals surface area (Å²) in [5.41, 5.74) is 1.62. The summed E-state index contributed by atoms with van der Waals surface area (Å²) >= 11 is 0. The Bertz CT molecular complexity index is 853. The number of likely N-dealkylation sites (N-methyl/N-ethyl adjacent to an activating group) is 1. The number of rotatable bonds is 2. The zero-order chi connectivity index (χ0) is 17.9. The Morgan fingerprint density at radius 3 is 2.96 bits per heavy atom. The Morgan fingerprint density at radius 1 is 1.35 bits per heavy atom. The number of piperidine rings is 1. The molecule has 6 aliphatic rings. The van der Waals surface area contributed by atoms with Crippen LogP contribution < -0.4 is 4.74 Å². The molecule has 1 saturated heterocycles. The number of aliphatic hydroxyl groups is 1. The smallest absolute Gasteiger partial charge is 0.165 e. The minimum absolute atomic E-state index is 0.00244. The van der Waals surface area contributed by atoms with Gasteiger partial charge in [-0.25, -0.2) is 0 Å². The van der Waals surface area contributed by atoms with Gasteiger partial charge >= 0.3 is 0 Å². The molecule has 1 saturated carbocycles. The maximum Gasteiger partial charge on any atom is 0.165 e. The molecule has 0 aromatic heterocycles. The lowest BCUT2D eigenvalue weighted by molar-refractivity contribution is -0.219. The van der Waals surface area contributed by atoms with Crippen LogP contribution in [0.3, 0.4) is 0 Å². The molecule has 2 spiro atoms. The first kappa shape index (κ1) is 15.5. The van der Waals surface area contributed by atoms with Crippen LogP contribution in [0.25, 0.3) is 0 Å². The van der Waals surface area contributed by atoms with Crippen LogP contribution in [0.4, 0.5) is 0 Å². The molecule has 2 heterocycles. The average Bonchev–Trinajstić information content (AvgIpc) is 3.03. The van der Waals surface area contributed by atoms with E-state index in [0.29, 0.717) is 11.8 Å². The lowest BCUT2D eigenvalue weighted by Crippen LogP contribution is -2.79. The SMILES string of the molecule is CO[C@@]12C=C[C@@]3(C[C@H]1CO)[C@H]1Cc4ccc(O)c5c4[C@@]3(CCN1C)[C@H]2O5. The predicted octanol–water partition coefficient (Wildman–Crippen LogP) is 1.60. The van der Waals surface area contributed by atoms with Gasteiger partial charge in [0.1, 0.15) is 11.7 Å². The van der Waals surface area contributed by atoms with Crippen molar-refractivity contribution in [3.8, 4) is 11.5 Å². The summed E-state index contributed by atoms with van der Waals surface area (Å²) in [6, 6.07) is 4.23. The van der Waals surface area contributed by atoms with Crippen molar-refractivity contribution in [1.29, 1.82) is 0 Å². The van der Waals surface area contributed by atoms with E-state index in [1.807, 2.05) is 0 Å². The summed E-state index contributed by atoms with van der Waals surface area (Å²) in [5, 5.41) is 20.8. The molecular formula is C21H25NO4. The summed E-state index contributed by atoms with van der Waals surface area (Å²) in [4.78, 5) is 2.49. The van der Waals surface area contributed by atoms with Gasteiger partial charge in [-0.05, 0) is 44.5 Å². The molecule has 1 aromatic carbocycles. The third-order valence-corrected chi connectivity index (χ3v) is 8.43. The van der Waals surface area contributed by atoms with Gasteiger partial charge in [-0.2, -0.15) is 0 Å². The predicted molar refractivity (Wildman–Crippen MR) is 95.4 cm³/mol. The number of aliphatic hydroxyl groups excluding tert-OH is 1. The highest BCUT2D eigenvalue weighted by atomic mass is 16.6. The number of fused-ring (bicyclic) bond motifs is 1. The van der Waals surface area contributed by atoms with Crippen molar-refractivity contribution >= 4 is 0 Å². The quantitative estimate of drug-likeness (QED) is 0.789. The van der Waals surface area contributed by atoms with Gasteiger partial charge in [0.2, 0.25) is 0 Å². The van der Waals surface area contributed by atoms with Crippen molar-refractivity contribution in [3.63, 3.8) is 0 Å². The first-order valence-electron chi connectivity index (χ1n) is 9.63. The van der Waals surface area contributed by atoms with Crippen molar-refractivity contribution in [2.75, 3.05) is 27.3 Å². The molecule has 0 unspecified atom stereocenters. The zero-order valence-corrected chi connectivity index (χ0v) is 15.2. The van der Waals surface area contributed by atoms with E-state index in [-0.39, 0.29) is 35.2 Å². The topological polar surface area (TPSA) is 62.2 Å². The van der Waals surface area contributed by atoms with E-state index in [0.717, 1.165) is 25.8 Å². The van der Waals surface area contributed by atoms with Crippen LogP contribution >= 0.6 is 0 Å². The van der Waals surface area contributed by atoms with Crippen LogP contribution in [0.15, 0.2) is 24.3 Å². The molecule has 2 N–H and O–H groups in total. The summed E-state index contributed by atoms with van der Waals surface area (Å²) in [5.74, 6) is 0.887. The largest absolute Gasteiger partial charge is 0.504 e. The molecule has 2 aliphatic heterocycles. The molecule has 0 radical (unpaired) electrons. The van der Waals surface area contributed by atoms with Crippen LogP contribution in [0.1, 0.15) is 24.0 Å². The highest BCUT2D eigenvalue weighted by Crippen LogP contribution is 2.74. The minimum atomic E-state index is -0.642. The van der Waals surface area contributed by atoms with Crippen molar-refractivity contribution < 1.29 is 19.7 Å². The van der Waals surface area contributed by atoms with E-state index < -0.39 is 5.60 Å². The molecule has 4 aliphatic carbocycles. The summed E-state index contributed by atoms with van der Waals surface area (Å²) in [6.07, 6.45) is 7.19. The van der Waals surface area contributed by atoms with Crippen LogP contribution in [0.5, 0.6) is 11.5 Å². The number of phenols is 1. The maximum absolute atomic E-state index is 10.6. The van der Waals surface area contributed by atoms with Crippen LogP contribution in [-0.2, 0) is 16.6 Å². The molecule has 5 heteroatoms. The van der Waals surface area contributed by atoms with Crippen molar-refractivity contribution in [2.24, 2.45) is 11.3 Å². The third-order valence-electron chi connectivity index (χ3n) is 8.43. The average molecular weight is 355 g/mol. The second-order valence-corrected chi connectivity index (χ2v) is 8.88. The second kappa shape index (κ2) is 4.46. The lowest BCUT2D eigenvalue weighted by atomic mass is 9.37. The van der Waals surface area contributed by atoms with Crippen molar-refractivity contribution in [2.45, 2.75) is 42.4 Å². The monoisotopic (exact) mass is 355 g/mol. The first-order chi connectivity index (χ1) is 12.5. The molecule has 7 rings (SSSR count). The number of nitrogens with zero attached hydrogens (tertiary/aromatic N) is 1. The van der Waals surface area contributed by atoms with Gasteiger partial charge in [0, 0.05) is 36.7 Å². The van der Waals surface area contributed by atoms with Gasteiger partial charge in [0.15, 0.2) is 11.5 Å². The lowest BCUT2D eigenvalue weighted by Gasteiger charge is -2.71. The van der Waals surface area contributed by atoms with Gasteiger partial charge in [-0.1, -0.05) is 18.2 Å². The summed E-state index contributed by atoms with van der Waals surface area (Å²) in [7, 11) is 3.95. The Balaban J connectivity index is 1.73. The number of phenolic OH excluding ortho intramolecular Hbond substituents is 1. The molecule has 2 fully saturated rings. The highest BCUT2D eigenvalue weighted by Gasteiger charge is 2.78. The fraction of sp³-hybridized carbons (Fsp3) is 0.619. The highest BCUT2D eigenvalue weighted by molar-refractivity contribution is 5.65. The van der Waals surface area contributed by atoms with Crippen molar-refractivity contribution in [1.82, 2.24) is 4.90 Å².